The lowest BCUT2D eigenvalue weighted by atomic mass is 10.3. The molecule has 3 nitrogen and oxygen atoms in total. The number of aromatic nitrogens is 1. The number of carbonyl (C=O) groups is 1. The van der Waals surface area contributed by atoms with Crippen molar-refractivity contribution in [2.24, 2.45) is 0 Å². The van der Waals surface area contributed by atoms with E-state index in [0.717, 1.165) is 21.7 Å². The predicted molar refractivity (Wildman–Crippen MR) is 68.3 cm³/mol. The maximum atomic E-state index is 11.4. The number of amides is 1. The highest BCUT2D eigenvalue weighted by atomic mass is 79.9. The second kappa shape index (κ2) is 6.12. The van der Waals surface area contributed by atoms with E-state index < -0.39 is 0 Å². The van der Waals surface area contributed by atoms with Crippen LogP contribution >= 0.6 is 27.7 Å². The topological polar surface area (TPSA) is 42.0 Å². The minimum Gasteiger partial charge on any atom is -0.324 e. The number of pyridine rings is 1. The number of rotatable bonds is 4. The molecule has 1 aromatic rings. The Balaban J connectivity index is 2.60. The van der Waals surface area contributed by atoms with E-state index in [0.29, 0.717) is 6.42 Å². The van der Waals surface area contributed by atoms with Gasteiger partial charge in [0.25, 0.3) is 0 Å². The summed E-state index contributed by atoms with van der Waals surface area (Å²) in [5.74, 6) is 0.881. The van der Waals surface area contributed by atoms with E-state index in [2.05, 4.69) is 26.2 Å². The number of hydrogen-bond donors (Lipinski definition) is 1. The van der Waals surface area contributed by atoms with Gasteiger partial charge in [0.1, 0.15) is 4.60 Å². The molecule has 0 radical (unpaired) electrons. The highest BCUT2D eigenvalue weighted by Crippen LogP contribution is 2.16. The number of hydrogen-bond acceptors (Lipinski definition) is 3. The summed E-state index contributed by atoms with van der Waals surface area (Å²) in [5.41, 5.74) is 1.60. The molecule has 5 heteroatoms. The molecule has 0 unspecified atom stereocenters. The minimum absolute atomic E-state index is 0.0385. The number of aryl methyl sites for hydroxylation is 1. The summed E-state index contributed by atoms with van der Waals surface area (Å²) in [7, 11) is 0. The summed E-state index contributed by atoms with van der Waals surface area (Å²) >= 11 is 4.94. The maximum absolute atomic E-state index is 11.4. The molecule has 1 heterocycles. The minimum atomic E-state index is 0.0385. The van der Waals surface area contributed by atoms with Crippen molar-refractivity contribution in [1.29, 1.82) is 0 Å². The van der Waals surface area contributed by atoms with E-state index in [-0.39, 0.29) is 5.91 Å². The van der Waals surface area contributed by atoms with E-state index in [1.807, 2.05) is 25.3 Å². The highest BCUT2D eigenvalue weighted by Gasteiger charge is 2.05. The van der Waals surface area contributed by atoms with Crippen LogP contribution in [0.25, 0.3) is 0 Å². The van der Waals surface area contributed by atoms with Crippen LogP contribution in [0.2, 0.25) is 0 Å². The first-order chi connectivity index (χ1) is 7.13. The molecule has 1 amide bonds. The Morgan fingerprint density at radius 2 is 2.33 bits per heavy atom. The van der Waals surface area contributed by atoms with Crippen molar-refractivity contribution in [3.05, 3.63) is 22.4 Å². The summed E-state index contributed by atoms with van der Waals surface area (Å²) in [4.78, 5) is 15.6. The van der Waals surface area contributed by atoms with Gasteiger partial charge in [-0.1, -0.05) is 0 Å². The van der Waals surface area contributed by atoms with Gasteiger partial charge in [-0.3, -0.25) is 4.79 Å². The molecule has 1 rings (SSSR count). The Kier molecular flexibility index (Phi) is 5.11. The summed E-state index contributed by atoms with van der Waals surface area (Å²) in [6.45, 7) is 1.87. The second-order valence-electron chi connectivity index (χ2n) is 3.06. The highest BCUT2D eigenvalue weighted by molar-refractivity contribution is 9.10. The van der Waals surface area contributed by atoms with Crippen LogP contribution in [0.15, 0.2) is 16.7 Å². The van der Waals surface area contributed by atoms with E-state index >= 15 is 0 Å². The van der Waals surface area contributed by atoms with Gasteiger partial charge < -0.3 is 5.32 Å². The Morgan fingerprint density at radius 3 is 2.93 bits per heavy atom. The fourth-order valence-electron chi connectivity index (χ4n) is 1.07. The van der Waals surface area contributed by atoms with Gasteiger partial charge >= 0.3 is 0 Å². The van der Waals surface area contributed by atoms with E-state index in [1.165, 1.54) is 0 Å². The van der Waals surface area contributed by atoms with Crippen LogP contribution in [-0.4, -0.2) is 22.9 Å². The molecule has 0 spiro atoms. The van der Waals surface area contributed by atoms with Crippen LogP contribution in [0.3, 0.4) is 0 Å². The molecule has 0 saturated carbocycles. The van der Waals surface area contributed by atoms with Gasteiger partial charge in [0.2, 0.25) is 5.91 Å². The Hall–Kier alpha value is -0.550. The standard InChI is InChI=1S/C10H13BrN2OS/c1-7-8(3-4-9(11)12-7)13-10(14)5-6-15-2/h3-4H,5-6H2,1-2H3,(H,13,14). The molecular formula is C10H13BrN2OS. The predicted octanol–water partition coefficient (Wildman–Crippen LogP) is 2.84. The van der Waals surface area contributed by atoms with Crippen LogP contribution in [0, 0.1) is 6.92 Å². The third-order valence-electron chi connectivity index (χ3n) is 1.86. The number of halogens is 1. The van der Waals surface area contributed by atoms with Crippen molar-refractivity contribution in [3.63, 3.8) is 0 Å². The monoisotopic (exact) mass is 288 g/mol. The molecule has 1 N–H and O–H groups in total. The van der Waals surface area contributed by atoms with Gasteiger partial charge in [-0.05, 0) is 41.2 Å². The van der Waals surface area contributed by atoms with Gasteiger partial charge in [0.05, 0.1) is 11.4 Å². The smallest absolute Gasteiger partial charge is 0.225 e. The molecule has 0 aromatic carbocycles. The van der Waals surface area contributed by atoms with E-state index in [9.17, 15) is 4.79 Å². The molecule has 82 valence electrons. The Bertz CT molecular complexity index is 357. The first-order valence-corrected chi connectivity index (χ1v) is 6.74. The number of carbonyl (C=O) groups excluding carboxylic acids is 1. The summed E-state index contributed by atoms with van der Waals surface area (Å²) < 4.78 is 0.780. The largest absolute Gasteiger partial charge is 0.324 e. The maximum Gasteiger partial charge on any atom is 0.225 e. The van der Waals surface area contributed by atoms with Gasteiger partial charge in [0.15, 0.2) is 0 Å². The average Bonchev–Trinajstić information content (AvgIpc) is 2.19. The molecule has 0 aliphatic rings. The zero-order valence-electron chi connectivity index (χ0n) is 8.71. The third-order valence-corrected chi connectivity index (χ3v) is 2.91. The molecule has 0 saturated heterocycles. The molecule has 0 atom stereocenters. The van der Waals surface area contributed by atoms with Crippen molar-refractivity contribution < 1.29 is 4.79 Å². The number of nitrogens with one attached hydrogen (secondary N) is 1. The average molecular weight is 289 g/mol. The quantitative estimate of drug-likeness (QED) is 0.867. The zero-order valence-corrected chi connectivity index (χ0v) is 11.1. The van der Waals surface area contributed by atoms with Gasteiger partial charge in [-0.25, -0.2) is 4.98 Å². The molecule has 15 heavy (non-hydrogen) atoms. The summed E-state index contributed by atoms with van der Waals surface area (Å²) in [6, 6.07) is 3.67. The SMILES string of the molecule is CSCCC(=O)Nc1ccc(Br)nc1C. The first kappa shape index (κ1) is 12.5. The van der Waals surface area contributed by atoms with E-state index in [1.54, 1.807) is 11.8 Å². The zero-order chi connectivity index (χ0) is 11.3. The number of anilines is 1. The molecule has 1 aromatic heterocycles. The lowest BCUT2D eigenvalue weighted by Gasteiger charge is -2.07. The number of thioether (sulfide) groups is 1. The second-order valence-corrected chi connectivity index (χ2v) is 4.86. The third kappa shape index (κ3) is 4.22. The van der Waals surface area contributed by atoms with Gasteiger partial charge in [-0.2, -0.15) is 11.8 Å². The first-order valence-electron chi connectivity index (χ1n) is 4.55. The van der Waals surface area contributed by atoms with Crippen molar-refractivity contribution in [2.75, 3.05) is 17.3 Å². The molecule has 0 aliphatic carbocycles. The Morgan fingerprint density at radius 1 is 1.60 bits per heavy atom. The van der Waals surface area contributed by atoms with Crippen LogP contribution in [0.4, 0.5) is 5.69 Å². The van der Waals surface area contributed by atoms with Crippen LogP contribution in [-0.2, 0) is 4.79 Å². The molecule has 0 fully saturated rings. The fourth-order valence-corrected chi connectivity index (χ4v) is 1.86. The van der Waals surface area contributed by atoms with Gasteiger partial charge in [0, 0.05) is 12.2 Å². The van der Waals surface area contributed by atoms with Crippen LogP contribution < -0.4 is 5.32 Å². The normalized spacial score (nSPS) is 10.1. The molecule has 0 bridgehead atoms. The van der Waals surface area contributed by atoms with Gasteiger partial charge in [-0.15, -0.1) is 0 Å². The van der Waals surface area contributed by atoms with Crippen molar-refractivity contribution in [1.82, 2.24) is 4.98 Å². The van der Waals surface area contributed by atoms with Crippen molar-refractivity contribution in [3.8, 4) is 0 Å². The Labute approximate surface area is 102 Å². The fraction of sp³-hybridized carbons (Fsp3) is 0.400. The van der Waals surface area contributed by atoms with Crippen LogP contribution in [0.5, 0.6) is 0 Å². The van der Waals surface area contributed by atoms with Crippen molar-refractivity contribution in [2.45, 2.75) is 13.3 Å². The van der Waals surface area contributed by atoms with Crippen molar-refractivity contribution >= 4 is 39.3 Å². The molecule has 0 aliphatic heterocycles. The molecular weight excluding hydrogens is 276 g/mol. The summed E-state index contributed by atoms with van der Waals surface area (Å²) in [6.07, 6.45) is 2.52. The summed E-state index contributed by atoms with van der Waals surface area (Å²) in [5, 5.41) is 2.84. The number of nitrogens with zero attached hydrogens (tertiary/aromatic N) is 1. The lowest BCUT2D eigenvalue weighted by molar-refractivity contribution is -0.115. The van der Waals surface area contributed by atoms with E-state index in [4.69, 9.17) is 0 Å². The lowest BCUT2D eigenvalue weighted by Crippen LogP contribution is -2.13. The van der Waals surface area contributed by atoms with Crippen LogP contribution in [0.1, 0.15) is 12.1 Å².